The van der Waals surface area contributed by atoms with E-state index in [1.54, 1.807) is 6.20 Å². The Balaban J connectivity index is 1.66. The summed E-state index contributed by atoms with van der Waals surface area (Å²) in [5.74, 6) is 0.181. The Labute approximate surface area is 154 Å². The first-order chi connectivity index (χ1) is 12.6. The molecule has 2 heterocycles. The van der Waals surface area contributed by atoms with Crippen LogP contribution in [0.1, 0.15) is 17.5 Å². The molecule has 0 bridgehead atoms. The van der Waals surface area contributed by atoms with E-state index >= 15 is 0 Å². The average Bonchev–Trinajstić information content (AvgIpc) is 3.07. The number of nitrogens with one attached hydrogen (secondary N) is 1. The van der Waals surface area contributed by atoms with Gasteiger partial charge in [-0.05, 0) is 43.8 Å². The zero-order valence-corrected chi connectivity index (χ0v) is 15.5. The van der Waals surface area contributed by atoms with Crippen molar-refractivity contribution in [2.45, 2.75) is 19.4 Å². The van der Waals surface area contributed by atoms with Crippen molar-refractivity contribution in [3.8, 4) is 0 Å². The molecular weight excluding hydrogens is 324 g/mol. The lowest BCUT2D eigenvalue weighted by atomic mass is 10.1. The van der Waals surface area contributed by atoms with Gasteiger partial charge in [0.25, 0.3) is 0 Å². The molecule has 1 amide bonds. The van der Waals surface area contributed by atoms with Crippen LogP contribution in [0.5, 0.6) is 0 Å². The minimum Gasteiger partial charge on any atom is -0.361 e. The van der Waals surface area contributed by atoms with Crippen molar-refractivity contribution in [1.82, 2.24) is 19.8 Å². The van der Waals surface area contributed by atoms with Gasteiger partial charge in [0.2, 0.25) is 5.91 Å². The van der Waals surface area contributed by atoms with Crippen LogP contribution in [0.25, 0.3) is 10.9 Å². The van der Waals surface area contributed by atoms with Crippen LogP contribution in [0.3, 0.4) is 0 Å². The summed E-state index contributed by atoms with van der Waals surface area (Å²) in [5.41, 5.74) is 3.38. The first-order valence-electron chi connectivity index (χ1n) is 9.00. The third-order valence-electron chi connectivity index (χ3n) is 4.55. The highest BCUT2D eigenvalue weighted by atomic mass is 16.2. The maximum atomic E-state index is 12.9. The van der Waals surface area contributed by atoms with Gasteiger partial charge in [0.1, 0.15) is 0 Å². The molecule has 0 spiro atoms. The summed E-state index contributed by atoms with van der Waals surface area (Å²) in [5, 5.41) is 1.20. The first-order valence-corrected chi connectivity index (χ1v) is 9.00. The Morgan fingerprint density at radius 2 is 1.96 bits per heavy atom. The van der Waals surface area contributed by atoms with Crippen molar-refractivity contribution in [3.05, 3.63) is 66.1 Å². The summed E-state index contributed by atoms with van der Waals surface area (Å²) < 4.78 is 0. The number of hydrogen-bond acceptors (Lipinski definition) is 3. The van der Waals surface area contributed by atoms with Crippen LogP contribution in [0, 0.1) is 0 Å². The lowest BCUT2D eigenvalue weighted by Gasteiger charge is -2.24. The Kier molecular flexibility index (Phi) is 6.02. The number of para-hydroxylation sites is 1. The molecule has 0 saturated heterocycles. The number of rotatable bonds is 8. The molecule has 2 aromatic heterocycles. The Hall–Kier alpha value is -2.66. The molecule has 1 N–H and O–H groups in total. The van der Waals surface area contributed by atoms with Gasteiger partial charge < -0.3 is 14.8 Å². The number of aryl methyl sites for hydroxylation is 1. The van der Waals surface area contributed by atoms with Gasteiger partial charge >= 0.3 is 0 Å². The number of aromatic amines is 1. The van der Waals surface area contributed by atoms with E-state index in [0.29, 0.717) is 19.5 Å². The minimum atomic E-state index is 0.181. The van der Waals surface area contributed by atoms with Gasteiger partial charge in [-0.2, -0.15) is 0 Å². The van der Waals surface area contributed by atoms with Crippen molar-refractivity contribution in [2.24, 2.45) is 0 Å². The molecular formula is C21H26N4O. The molecule has 0 aliphatic rings. The fourth-order valence-corrected chi connectivity index (χ4v) is 3.06. The highest BCUT2D eigenvalue weighted by Gasteiger charge is 2.15. The maximum absolute atomic E-state index is 12.9. The lowest BCUT2D eigenvalue weighted by Crippen LogP contribution is -2.36. The largest absolute Gasteiger partial charge is 0.361 e. The number of benzene rings is 1. The SMILES string of the molecule is CN(C)CCN(Cc1cccnc1)C(=O)CCc1c[nH]c2ccccc12. The first kappa shape index (κ1) is 18.1. The van der Waals surface area contributed by atoms with Crippen LogP contribution in [0.15, 0.2) is 55.0 Å². The zero-order chi connectivity index (χ0) is 18.4. The molecule has 0 aliphatic carbocycles. The summed E-state index contributed by atoms with van der Waals surface area (Å²) in [6, 6.07) is 12.1. The molecule has 0 saturated carbocycles. The number of carbonyl (C=O) groups is 1. The lowest BCUT2D eigenvalue weighted by molar-refractivity contribution is -0.131. The molecule has 26 heavy (non-hydrogen) atoms. The fraction of sp³-hybridized carbons (Fsp3) is 0.333. The number of amides is 1. The minimum absolute atomic E-state index is 0.181. The number of pyridine rings is 1. The third kappa shape index (κ3) is 4.70. The number of carbonyl (C=O) groups excluding carboxylic acids is 1. The summed E-state index contributed by atoms with van der Waals surface area (Å²) in [4.78, 5) is 24.3. The third-order valence-corrected chi connectivity index (χ3v) is 4.55. The average molecular weight is 350 g/mol. The molecule has 136 valence electrons. The van der Waals surface area contributed by atoms with Gasteiger partial charge in [0.15, 0.2) is 0 Å². The molecule has 5 heteroatoms. The predicted molar refractivity (Wildman–Crippen MR) is 105 cm³/mol. The van der Waals surface area contributed by atoms with Crippen LogP contribution < -0.4 is 0 Å². The van der Waals surface area contributed by atoms with Crippen LogP contribution in [0.4, 0.5) is 0 Å². The number of hydrogen-bond donors (Lipinski definition) is 1. The van der Waals surface area contributed by atoms with Gasteiger partial charge in [0, 0.05) is 55.5 Å². The van der Waals surface area contributed by atoms with E-state index in [4.69, 9.17) is 0 Å². The standard InChI is InChI=1S/C21H26N4O/c1-24(2)12-13-25(16-17-6-5-11-22-14-17)21(26)10-9-18-15-23-20-8-4-3-7-19(18)20/h3-8,11,14-15,23H,9-10,12-13,16H2,1-2H3. The van der Waals surface area contributed by atoms with Crippen LogP contribution in [-0.4, -0.2) is 52.9 Å². The summed E-state index contributed by atoms with van der Waals surface area (Å²) in [6.45, 7) is 2.17. The molecule has 0 unspecified atom stereocenters. The Bertz CT molecular complexity index is 841. The van der Waals surface area contributed by atoms with E-state index in [9.17, 15) is 4.79 Å². The van der Waals surface area contributed by atoms with Crippen molar-refractivity contribution in [3.63, 3.8) is 0 Å². The number of likely N-dealkylation sites (N-methyl/N-ethyl adjacent to an activating group) is 1. The summed E-state index contributed by atoms with van der Waals surface area (Å²) >= 11 is 0. The van der Waals surface area contributed by atoms with Gasteiger partial charge in [0.05, 0.1) is 0 Å². The molecule has 0 aliphatic heterocycles. The van der Waals surface area contributed by atoms with Crippen molar-refractivity contribution < 1.29 is 4.79 Å². The topological polar surface area (TPSA) is 52.2 Å². The second kappa shape index (κ2) is 8.63. The van der Waals surface area contributed by atoms with Gasteiger partial charge in [-0.15, -0.1) is 0 Å². The maximum Gasteiger partial charge on any atom is 0.223 e. The summed E-state index contributed by atoms with van der Waals surface area (Å²) in [7, 11) is 4.05. The quantitative estimate of drug-likeness (QED) is 0.679. The highest BCUT2D eigenvalue weighted by Crippen LogP contribution is 2.19. The van der Waals surface area contributed by atoms with Gasteiger partial charge in [-0.25, -0.2) is 0 Å². The molecule has 1 aromatic carbocycles. The van der Waals surface area contributed by atoms with Crippen molar-refractivity contribution in [2.75, 3.05) is 27.2 Å². The van der Waals surface area contributed by atoms with E-state index in [-0.39, 0.29) is 5.91 Å². The van der Waals surface area contributed by atoms with E-state index < -0.39 is 0 Å². The zero-order valence-electron chi connectivity index (χ0n) is 15.5. The van der Waals surface area contributed by atoms with Crippen LogP contribution in [-0.2, 0) is 17.8 Å². The van der Waals surface area contributed by atoms with E-state index in [1.807, 2.05) is 55.7 Å². The molecule has 5 nitrogen and oxygen atoms in total. The highest BCUT2D eigenvalue weighted by molar-refractivity contribution is 5.84. The molecule has 3 rings (SSSR count). The monoisotopic (exact) mass is 350 g/mol. The number of nitrogens with zero attached hydrogens (tertiary/aromatic N) is 3. The number of aromatic nitrogens is 2. The van der Waals surface area contributed by atoms with Crippen LogP contribution >= 0.6 is 0 Å². The van der Waals surface area contributed by atoms with Gasteiger partial charge in [-0.1, -0.05) is 24.3 Å². The second-order valence-electron chi connectivity index (χ2n) is 6.84. The van der Waals surface area contributed by atoms with Crippen LogP contribution in [0.2, 0.25) is 0 Å². The number of fused-ring (bicyclic) bond motifs is 1. The predicted octanol–water partition coefficient (Wildman–Crippen LogP) is 3.09. The second-order valence-corrected chi connectivity index (χ2v) is 6.84. The smallest absolute Gasteiger partial charge is 0.223 e. The molecule has 0 radical (unpaired) electrons. The fourth-order valence-electron chi connectivity index (χ4n) is 3.06. The Morgan fingerprint density at radius 3 is 2.73 bits per heavy atom. The van der Waals surface area contributed by atoms with Crippen molar-refractivity contribution >= 4 is 16.8 Å². The van der Waals surface area contributed by atoms with Gasteiger partial charge in [-0.3, -0.25) is 9.78 Å². The van der Waals surface area contributed by atoms with E-state index in [0.717, 1.165) is 24.0 Å². The molecule has 0 fully saturated rings. The van der Waals surface area contributed by atoms with E-state index in [1.165, 1.54) is 10.9 Å². The van der Waals surface area contributed by atoms with Crippen molar-refractivity contribution in [1.29, 1.82) is 0 Å². The Morgan fingerprint density at radius 1 is 1.12 bits per heavy atom. The normalized spacial score (nSPS) is 11.2. The van der Waals surface area contributed by atoms with E-state index in [2.05, 4.69) is 27.0 Å². The molecule has 3 aromatic rings. The summed E-state index contributed by atoms with van der Waals surface area (Å²) in [6.07, 6.45) is 6.86. The number of H-pyrrole nitrogens is 1. The molecule has 0 atom stereocenters.